The average Bonchev–Trinajstić information content (AvgIpc) is 3.00. The highest BCUT2D eigenvalue weighted by molar-refractivity contribution is 7.15. The fourth-order valence-electron chi connectivity index (χ4n) is 1.50. The zero-order valence-electron chi connectivity index (χ0n) is 10.1. The predicted octanol–water partition coefficient (Wildman–Crippen LogP) is 2.16. The van der Waals surface area contributed by atoms with Crippen LogP contribution in [0.15, 0.2) is 24.7 Å². The molecule has 2 aromatic rings. The van der Waals surface area contributed by atoms with E-state index in [2.05, 4.69) is 15.3 Å². The van der Waals surface area contributed by atoms with Crippen molar-refractivity contribution in [2.24, 2.45) is 0 Å². The summed E-state index contributed by atoms with van der Waals surface area (Å²) in [5, 5.41) is 2.84. The van der Waals surface area contributed by atoms with Crippen molar-refractivity contribution in [3.8, 4) is 0 Å². The molecule has 94 valence electrons. The highest BCUT2D eigenvalue weighted by Gasteiger charge is 2.15. The molecule has 2 N–H and O–H groups in total. The molecule has 0 saturated heterocycles. The monoisotopic (exact) mass is 263 g/mol. The zero-order chi connectivity index (χ0) is 13.1. The topological polar surface area (TPSA) is 74.8 Å². The van der Waals surface area contributed by atoms with Crippen LogP contribution in [0, 0.1) is 0 Å². The third-order valence-electron chi connectivity index (χ3n) is 2.51. The summed E-state index contributed by atoms with van der Waals surface area (Å²) in [6.07, 6.45) is 3.23. The summed E-state index contributed by atoms with van der Waals surface area (Å²) in [6.45, 7) is 3.35. The predicted molar refractivity (Wildman–Crippen MR) is 68.8 cm³/mol. The number of aromatic nitrogens is 2. The molecular formula is C12H13N3O2S. The first-order chi connectivity index (χ1) is 8.58. The molecule has 0 saturated carbocycles. The van der Waals surface area contributed by atoms with Crippen molar-refractivity contribution in [1.82, 2.24) is 15.3 Å². The van der Waals surface area contributed by atoms with Crippen molar-refractivity contribution in [1.29, 1.82) is 0 Å². The number of Topliss-reactive ketones (excluding diaryl/α,β-unsaturated/α-hetero) is 1. The van der Waals surface area contributed by atoms with Crippen LogP contribution in [0.3, 0.4) is 0 Å². The number of hydrogen-bond acceptors (Lipinski definition) is 4. The number of thiophene rings is 1. The second-order valence-corrected chi connectivity index (χ2v) is 5.01. The van der Waals surface area contributed by atoms with Crippen LogP contribution in [-0.2, 0) is 0 Å². The van der Waals surface area contributed by atoms with E-state index in [4.69, 9.17) is 0 Å². The standard InChI is InChI=1S/C12H13N3O2S/c1-7(9-5-13-6-14-9)15-12(17)11-4-3-10(18-11)8(2)16/h3-7H,1-2H3,(H,13,14)(H,15,17). The smallest absolute Gasteiger partial charge is 0.261 e. The van der Waals surface area contributed by atoms with E-state index < -0.39 is 0 Å². The van der Waals surface area contributed by atoms with Gasteiger partial charge in [-0.15, -0.1) is 11.3 Å². The number of carbonyl (C=O) groups excluding carboxylic acids is 2. The minimum atomic E-state index is -0.186. The van der Waals surface area contributed by atoms with Crippen molar-refractivity contribution in [3.63, 3.8) is 0 Å². The van der Waals surface area contributed by atoms with Gasteiger partial charge in [0.1, 0.15) is 0 Å². The van der Waals surface area contributed by atoms with Gasteiger partial charge in [0.2, 0.25) is 0 Å². The van der Waals surface area contributed by atoms with Gasteiger partial charge in [-0.05, 0) is 26.0 Å². The zero-order valence-corrected chi connectivity index (χ0v) is 10.9. The van der Waals surface area contributed by atoms with Gasteiger partial charge >= 0.3 is 0 Å². The second-order valence-electron chi connectivity index (χ2n) is 3.92. The summed E-state index contributed by atoms with van der Waals surface area (Å²) < 4.78 is 0. The maximum Gasteiger partial charge on any atom is 0.261 e. The van der Waals surface area contributed by atoms with Gasteiger partial charge in [0, 0.05) is 0 Å². The highest BCUT2D eigenvalue weighted by Crippen LogP contribution is 2.18. The van der Waals surface area contributed by atoms with E-state index in [1.165, 1.54) is 18.3 Å². The van der Waals surface area contributed by atoms with Gasteiger partial charge < -0.3 is 10.3 Å². The van der Waals surface area contributed by atoms with Crippen LogP contribution in [0.4, 0.5) is 0 Å². The first-order valence-electron chi connectivity index (χ1n) is 5.48. The normalized spacial score (nSPS) is 12.1. The molecule has 0 aliphatic rings. The molecule has 2 aromatic heterocycles. The molecule has 6 heteroatoms. The molecule has 0 bridgehead atoms. The van der Waals surface area contributed by atoms with Crippen LogP contribution in [-0.4, -0.2) is 21.7 Å². The Bertz CT molecular complexity index is 560. The lowest BCUT2D eigenvalue weighted by Crippen LogP contribution is -2.26. The van der Waals surface area contributed by atoms with E-state index >= 15 is 0 Å². The Morgan fingerprint density at radius 1 is 1.39 bits per heavy atom. The van der Waals surface area contributed by atoms with E-state index in [9.17, 15) is 9.59 Å². The van der Waals surface area contributed by atoms with Crippen molar-refractivity contribution in [2.45, 2.75) is 19.9 Å². The Balaban J connectivity index is 2.05. The minimum Gasteiger partial charge on any atom is -0.347 e. The SMILES string of the molecule is CC(=O)c1ccc(C(=O)NC(C)c2cnc[nH]2)s1. The summed E-state index contributed by atoms with van der Waals surface area (Å²) >= 11 is 1.20. The van der Waals surface area contributed by atoms with Crippen molar-refractivity contribution < 1.29 is 9.59 Å². The van der Waals surface area contributed by atoms with Gasteiger partial charge in [0.25, 0.3) is 5.91 Å². The number of H-pyrrole nitrogens is 1. The fourth-order valence-corrected chi connectivity index (χ4v) is 2.30. The van der Waals surface area contributed by atoms with Crippen LogP contribution in [0.5, 0.6) is 0 Å². The number of nitrogens with one attached hydrogen (secondary N) is 2. The van der Waals surface area contributed by atoms with Gasteiger partial charge in [-0.1, -0.05) is 0 Å². The number of amides is 1. The molecule has 0 aromatic carbocycles. The lowest BCUT2D eigenvalue weighted by molar-refractivity contribution is 0.0942. The van der Waals surface area contributed by atoms with Crippen LogP contribution >= 0.6 is 11.3 Å². The quantitative estimate of drug-likeness (QED) is 0.830. The largest absolute Gasteiger partial charge is 0.347 e. The molecule has 0 fully saturated rings. The maximum absolute atomic E-state index is 11.9. The number of rotatable bonds is 4. The number of hydrogen-bond donors (Lipinski definition) is 2. The van der Waals surface area contributed by atoms with E-state index in [1.54, 1.807) is 24.7 Å². The van der Waals surface area contributed by atoms with Crippen LogP contribution in [0.1, 0.15) is 44.9 Å². The molecule has 0 aliphatic heterocycles. The third-order valence-corrected chi connectivity index (χ3v) is 3.70. The average molecular weight is 263 g/mol. The minimum absolute atomic E-state index is 0.0272. The summed E-state index contributed by atoms with van der Waals surface area (Å²) in [4.78, 5) is 31.1. The third kappa shape index (κ3) is 2.65. The molecule has 0 radical (unpaired) electrons. The molecule has 1 unspecified atom stereocenters. The molecule has 18 heavy (non-hydrogen) atoms. The molecule has 5 nitrogen and oxygen atoms in total. The molecule has 2 rings (SSSR count). The van der Waals surface area contributed by atoms with Gasteiger partial charge in [-0.25, -0.2) is 4.98 Å². The van der Waals surface area contributed by atoms with Gasteiger partial charge in [-0.2, -0.15) is 0 Å². The molecule has 2 heterocycles. The van der Waals surface area contributed by atoms with Crippen molar-refractivity contribution in [3.05, 3.63) is 40.1 Å². The Morgan fingerprint density at radius 2 is 2.11 bits per heavy atom. The Labute approximate surface area is 108 Å². The van der Waals surface area contributed by atoms with E-state index in [0.717, 1.165) is 5.69 Å². The lowest BCUT2D eigenvalue weighted by Gasteiger charge is -2.10. The highest BCUT2D eigenvalue weighted by atomic mass is 32.1. The number of aromatic amines is 1. The fraction of sp³-hybridized carbons (Fsp3) is 0.250. The molecule has 0 aliphatic carbocycles. The Morgan fingerprint density at radius 3 is 2.67 bits per heavy atom. The molecule has 1 amide bonds. The van der Waals surface area contributed by atoms with Crippen LogP contribution < -0.4 is 5.32 Å². The van der Waals surface area contributed by atoms with Crippen molar-refractivity contribution >= 4 is 23.0 Å². The summed E-state index contributed by atoms with van der Waals surface area (Å²) in [5.41, 5.74) is 0.840. The second kappa shape index (κ2) is 5.14. The number of ketones is 1. The maximum atomic E-state index is 11.9. The lowest BCUT2D eigenvalue weighted by atomic mass is 10.2. The van der Waals surface area contributed by atoms with Crippen molar-refractivity contribution in [2.75, 3.05) is 0 Å². The van der Waals surface area contributed by atoms with Gasteiger partial charge in [0.15, 0.2) is 5.78 Å². The number of carbonyl (C=O) groups is 2. The number of nitrogens with zero attached hydrogens (tertiary/aromatic N) is 1. The van der Waals surface area contributed by atoms with Gasteiger partial charge in [-0.3, -0.25) is 9.59 Å². The summed E-state index contributed by atoms with van der Waals surface area (Å²) in [5.74, 6) is -0.213. The first-order valence-corrected chi connectivity index (χ1v) is 6.29. The first kappa shape index (κ1) is 12.5. The van der Waals surface area contributed by atoms with E-state index in [1.807, 2.05) is 6.92 Å². The summed E-state index contributed by atoms with van der Waals surface area (Å²) in [7, 11) is 0. The summed E-state index contributed by atoms with van der Waals surface area (Å²) in [6, 6.07) is 3.18. The molecule has 1 atom stereocenters. The Kier molecular flexibility index (Phi) is 3.57. The van der Waals surface area contributed by atoms with Crippen LogP contribution in [0.25, 0.3) is 0 Å². The van der Waals surface area contributed by atoms with E-state index in [-0.39, 0.29) is 17.7 Å². The van der Waals surface area contributed by atoms with Gasteiger partial charge in [0.05, 0.1) is 34.0 Å². The molecule has 0 spiro atoms. The molecular weight excluding hydrogens is 250 g/mol. The number of imidazole rings is 1. The van der Waals surface area contributed by atoms with Crippen LogP contribution in [0.2, 0.25) is 0 Å². The Hall–Kier alpha value is -1.95. The van der Waals surface area contributed by atoms with E-state index in [0.29, 0.717) is 9.75 Å².